The lowest BCUT2D eigenvalue weighted by molar-refractivity contribution is 0.145. The number of anilines is 2. The molecule has 1 aliphatic heterocycles. The fourth-order valence-electron chi connectivity index (χ4n) is 3.22. The molecule has 24 heavy (non-hydrogen) atoms. The van der Waals surface area contributed by atoms with Crippen LogP contribution >= 0.6 is 0 Å². The van der Waals surface area contributed by atoms with E-state index in [9.17, 15) is 10.4 Å². The highest BCUT2D eigenvalue weighted by Gasteiger charge is 2.20. The maximum absolute atomic E-state index is 9.65. The quantitative estimate of drug-likeness (QED) is 0.804. The van der Waals surface area contributed by atoms with Crippen LogP contribution in [0.5, 0.6) is 0 Å². The van der Waals surface area contributed by atoms with E-state index in [0.717, 1.165) is 48.6 Å². The van der Waals surface area contributed by atoms with Gasteiger partial charge in [0.2, 0.25) is 0 Å². The average Bonchev–Trinajstić information content (AvgIpc) is 3.02. The van der Waals surface area contributed by atoms with Crippen LogP contribution in [0.2, 0.25) is 0 Å². The van der Waals surface area contributed by atoms with Crippen molar-refractivity contribution >= 4 is 11.4 Å². The Balaban J connectivity index is 1.77. The number of hydrogen-bond donors (Lipinski definition) is 3. The van der Waals surface area contributed by atoms with Gasteiger partial charge in [0.15, 0.2) is 0 Å². The van der Waals surface area contributed by atoms with Gasteiger partial charge in [-0.2, -0.15) is 10.4 Å². The molecule has 1 aromatic heterocycles. The minimum absolute atomic E-state index is 0.103. The van der Waals surface area contributed by atoms with Gasteiger partial charge in [-0.25, -0.2) is 0 Å². The van der Waals surface area contributed by atoms with E-state index in [1.807, 2.05) is 31.3 Å². The lowest BCUT2D eigenvalue weighted by atomic mass is 10.0. The monoisotopic (exact) mass is 325 g/mol. The smallest absolute Gasteiger partial charge is 0.101 e. The summed E-state index contributed by atoms with van der Waals surface area (Å²) < 4.78 is 0. The molecule has 0 bridgehead atoms. The second kappa shape index (κ2) is 6.93. The summed E-state index contributed by atoms with van der Waals surface area (Å²) in [4.78, 5) is 2.18. The van der Waals surface area contributed by atoms with Gasteiger partial charge in [-0.3, -0.25) is 5.10 Å². The fourth-order valence-corrected chi connectivity index (χ4v) is 3.22. The van der Waals surface area contributed by atoms with Crippen molar-refractivity contribution in [1.29, 1.82) is 5.26 Å². The first-order valence-electron chi connectivity index (χ1n) is 8.32. The number of aliphatic hydroxyl groups is 1. The molecule has 1 atom stereocenters. The van der Waals surface area contributed by atoms with Crippen LogP contribution in [0.4, 0.5) is 11.4 Å². The van der Waals surface area contributed by atoms with Crippen LogP contribution in [-0.2, 0) is 0 Å². The molecule has 3 rings (SSSR count). The van der Waals surface area contributed by atoms with Crippen molar-refractivity contribution in [2.45, 2.75) is 38.8 Å². The predicted molar refractivity (Wildman–Crippen MR) is 94.0 cm³/mol. The Morgan fingerprint density at radius 2 is 2.17 bits per heavy atom. The molecule has 0 aliphatic carbocycles. The van der Waals surface area contributed by atoms with Crippen molar-refractivity contribution in [1.82, 2.24) is 10.2 Å². The van der Waals surface area contributed by atoms with Gasteiger partial charge in [-0.15, -0.1) is 0 Å². The normalized spacial score (nSPS) is 16.7. The molecule has 1 saturated heterocycles. The Bertz CT molecular complexity index is 740. The molecule has 2 heterocycles. The summed E-state index contributed by atoms with van der Waals surface area (Å²) >= 11 is 0. The Labute approximate surface area is 142 Å². The molecule has 6 heteroatoms. The van der Waals surface area contributed by atoms with Gasteiger partial charge in [-0.1, -0.05) is 0 Å². The standard InChI is InChI=1S/C18H23N5O/c1-12(17-11-20-22-13(17)2)21-15-3-4-18(14(9-15)10-19)23-7-5-16(24)6-8-23/h3-4,9,11-12,16,21,24H,5-8H2,1-2H3,(H,20,22). The van der Waals surface area contributed by atoms with Crippen LogP contribution in [0.3, 0.4) is 0 Å². The third-order valence-corrected chi connectivity index (χ3v) is 4.64. The molecule has 0 radical (unpaired) electrons. The Morgan fingerprint density at radius 3 is 2.79 bits per heavy atom. The lowest BCUT2D eigenvalue weighted by Crippen LogP contribution is -2.36. The molecule has 1 fully saturated rings. The number of hydrogen-bond acceptors (Lipinski definition) is 5. The molecule has 6 nitrogen and oxygen atoms in total. The van der Waals surface area contributed by atoms with Gasteiger partial charge >= 0.3 is 0 Å². The molecular formula is C18H23N5O. The summed E-state index contributed by atoms with van der Waals surface area (Å²) in [5, 5.41) is 29.6. The van der Waals surface area contributed by atoms with Crippen LogP contribution < -0.4 is 10.2 Å². The molecular weight excluding hydrogens is 302 g/mol. The van der Waals surface area contributed by atoms with Gasteiger partial charge in [0, 0.05) is 30.0 Å². The van der Waals surface area contributed by atoms with E-state index in [2.05, 4.69) is 33.4 Å². The van der Waals surface area contributed by atoms with E-state index in [1.54, 1.807) is 0 Å². The zero-order valence-corrected chi connectivity index (χ0v) is 14.1. The number of piperidine rings is 1. The number of H-pyrrole nitrogens is 1. The number of aromatic nitrogens is 2. The molecule has 1 aliphatic rings. The largest absolute Gasteiger partial charge is 0.393 e. The van der Waals surface area contributed by atoms with E-state index in [1.165, 1.54) is 0 Å². The highest BCUT2D eigenvalue weighted by Crippen LogP contribution is 2.28. The van der Waals surface area contributed by atoms with Crippen LogP contribution in [0.25, 0.3) is 0 Å². The molecule has 126 valence electrons. The van der Waals surface area contributed by atoms with Crippen molar-refractivity contribution in [3.05, 3.63) is 41.2 Å². The molecule has 0 saturated carbocycles. The average molecular weight is 325 g/mol. The minimum Gasteiger partial charge on any atom is -0.393 e. The second-order valence-electron chi connectivity index (χ2n) is 6.38. The minimum atomic E-state index is -0.216. The Morgan fingerprint density at radius 1 is 1.42 bits per heavy atom. The molecule has 0 amide bonds. The van der Waals surface area contributed by atoms with Crippen LogP contribution in [0, 0.1) is 18.3 Å². The molecule has 1 aromatic carbocycles. The first kappa shape index (κ1) is 16.3. The van der Waals surface area contributed by atoms with Crippen molar-refractivity contribution in [3.8, 4) is 6.07 Å². The maximum Gasteiger partial charge on any atom is 0.101 e. The molecule has 2 aromatic rings. The van der Waals surface area contributed by atoms with Crippen molar-refractivity contribution < 1.29 is 5.11 Å². The number of aryl methyl sites for hydroxylation is 1. The van der Waals surface area contributed by atoms with Gasteiger partial charge in [-0.05, 0) is 44.9 Å². The first-order chi connectivity index (χ1) is 11.6. The van der Waals surface area contributed by atoms with E-state index in [0.29, 0.717) is 5.56 Å². The van der Waals surface area contributed by atoms with Crippen LogP contribution in [0.1, 0.15) is 42.6 Å². The van der Waals surface area contributed by atoms with Gasteiger partial charge in [0.25, 0.3) is 0 Å². The van der Waals surface area contributed by atoms with Crippen LogP contribution in [0.15, 0.2) is 24.4 Å². The highest BCUT2D eigenvalue weighted by atomic mass is 16.3. The van der Waals surface area contributed by atoms with Gasteiger partial charge < -0.3 is 15.3 Å². The molecule has 1 unspecified atom stereocenters. The number of aromatic amines is 1. The summed E-state index contributed by atoms with van der Waals surface area (Å²) in [5.74, 6) is 0. The number of benzene rings is 1. The van der Waals surface area contributed by atoms with Gasteiger partial charge in [0.1, 0.15) is 6.07 Å². The third kappa shape index (κ3) is 3.36. The van der Waals surface area contributed by atoms with E-state index in [-0.39, 0.29) is 12.1 Å². The van der Waals surface area contributed by atoms with Crippen molar-refractivity contribution in [3.63, 3.8) is 0 Å². The van der Waals surface area contributed by atoms with E-state index >= 15 is 0 Å². The SMILES string of the molecule is Cc1[nH]ncc1C(C)Nc1ccc(N2CCC(O)CC2)c(C#N)c1. The lowest BCUT2D eigenvalue weighted by Gasteiger charge is -2.32. The number of rotatable bonds is 4. The van der Waals surface area contributed by atoms with Gasteiger partial charge in [0.05, 0.1) is 29.6 Å². The fraction of sp³-hybridized carbons (Fsp3) is 0.444. The Hall–Kier alpha value is -2.52. The van der Waals surface area contributed by atoms with Crippen molar-refractivity contribution in [2.75, 3.05) is 23.3 Å². The van der Waals surface area contributed by atoms with E-state index < -0.39 is 0 Å². The molecule has 3 N–H and O–H groups in total. The van der Waals surface area contributed by atoms with Crippen LogP contribution in [-0.4, -0.2) is 34.5 Å². The summed E-state index contributed by atoms with van der Waals surface area (Å²) in [7, 11) is 0. The maximum atomic E-state index is 9.65. The number of aliphatic hydroxyl groups excluding tert-OH is 1. The summed E-state index contributed by atoms with van der Waals surface area (Å²) in [6.45, 7) is 5.64. The number of nitrogens with zero attached hydrogens (tertiary/aromatic N) is 3. The topological polar surface area (TPSA) is 88.0 Å². The molecule has 0 spiro atoms. The number of nitrogens with one attached hydrogen (secondary N) is 2. The predicted octanol–water partition coefficient (Wildman–Crippen LogP) is 2.72. The summed E-state index contributed by atoms with van der Waals surface area (Å²) in [6, 6.07) is 8.30. The Kier molecular flexibility index (Phi) is 4.72. The zero-order chi connectivity index (χ0) is 17.1. The summed E-state index contributed by atoms with van der Waals surface area (Å²) in [6.07, 6.45) is 3.11. The van der Waals surface area contributed by atoms with Crippen molar-refractivity contribution in [2.24, 2.45) is 0 Å². The first-order valence-corrected chi connectivity index (χ1v) is 8.32. The third-order valence-electron chi connectivity index (χ3n) is 4.64. The number of nitriles is 1. The summed E-state index contributed by atoms with van der Waals surface area (Å²) in [5.41, 5.74) is 4.68. The second-order valence-corrected chi connectivity index (χ2v) is 6.38. The zero-order valence-electron chi connectivity index (χ0n) is 14.1. The highest BCUT2D eigenvalue weighted by molar-refractivity contribution is 5.66. The van der Waals surface area contributed by atoms with E-state index in [4.69, 9.17) is 0 Å².